The number of pyridine rings is 2. The molecule has 0 bridgehead atoms. The first-order chi connectivity index (χ1) is 11.5. The summed E-state index contributed by atoms with van der Waals surface area (Å²) in [5, 5.41) is 11.1. The molecule has 0 saturated carbocycles. The summed E-state index contributed by atoms with van der Waals surface area (Å²) in [6.07, 6.45) is 3.31. The summed E-state index contributed by atoms with van der Waals surface area (Å²) in [6, 6.07) is 5.05. The molecule has 0 unspecified atom stereocenters. The molecule has 3 heterocycles. The van der Waals surface area contributed by atoms with Crippen LogP contribution in [0.15, 0.2) is 41.8 Å². The molecule has 0 saturated heterocycles. The van der Waals surface area contributed by atoms with E-state index in [0.29, 0.717) is 11.3 Å². The molecule has 0 aliphatic carbocycles. The number of aromatic nitrogens is 3. The molecule has 0 fully saturated rings. The van der Waals surface area contributed by atoms with Crippen molar-refractivity contribution in [2.75, 3.05) is 7.05 Å². The largest absolute Gasteiger partial charge is 0.355 e. The first-order valence-corrected chi connectivity index (χ1v) is 7.42. The van der Waals surface area contributed by atoms with E-state index in [-0.39, 0.29) is 28.5 Å². The summed E-state index contributed by atoms with van der Waals surface area (Å²) in [5.41, 5.74) is 1.61. The first kappa shape index (κ1) is 15.7. The van der Waals surface area contributed by atoms with Gasteiger partial charge in [0.25, 0.3) is 11.5 Å². The maximum atomic E-state index is 12.9. The SMILES string of the molecule is C=CCn1c(=N)c(C(=O)NC)cc2c(=O)n3cc(C)ccc3nc21. The molecule has 24 heavy (non-hydrogen) atoms. The molecular formula is C17H17N5O2. The van der Waals surface area contributed by atoms with Crippen LogP contribution >= 0.6 is 0 Å². The highest BCUT2D eigenvalue weighted by Crippen LogP contribution is 2.11. The average Bonchev–Trinajstić information content (AvgIpc) is 2.57. The van der Waals surface area contributed by atoms with E-state index in [1.807, 2.05) is 13.0 Å². The molecule has 7 nitrogen and oxygen atoms in total. The van der Waals surface area contributed by atoms with E-state index in [1.54, 1.807) is 18.3 Å². The van der Waals surface area contributed by atoms with Gasteiger partial charge in [-0.05, 0) is 24.6 Å². The van der Waals surface area contributed by atoms with E-state index in [0.717, 1.165) is 5.56 Å². The molecule has 3 rings (SSSR count). The summed E-state index contributed by atoms with van der Waals surface area (Å²) in [7, 11) is 1.48. The lowest BCUT2D eigenvalue weighted by Crippen LogP contribution is -2.33. The zero-order valence-corrected chi connectivity index (χ0v) is 13.5. The van der Waals surface area contributed by atoms with Crippen LogP contribution < -0.4 is 16.4 Å². The lowest BCUT2D eigenvalue weighted by molar-refractivity contribution is 0.0960. The Morgan fingerprint density at radius 1 is 1.46 bits per heavy atom. The number of rotatable bonds is 3. The van der Waals surface area contributed by atoms with Crippen LogP contribution in [0.5, 0.6) is 0 Å². The van der Waals surface area contributed by atoms with Crippen LogP contribution in [0.1, 0.15) is 15.9 Å². The molecule has 0 spiro atoms. The van der Waals surface area contributed by atoms with Gasteiger partial charge in [0.15, 0.2) is 0 Å². The van der Waals surface area contributed by atoms with Gasteiger partial charge in [0, 0.05) is 19.8 Å². The molecule has 0 atom stereocenters. The van der Waals surface area contributed by atoms with Gasteiger partial charge in [-0.25, -0.2) is 4.98 Å². The Hall–Kier alpha value is -3.22. The Bertz CT molecular complexity index is 1110. The monoisotopic (exact) mass is 323 g/mol. The Morgan fingerprint density at radius 3 is 2.88 bits per heavy atom. The Balaban J connectivity index is 2.55. The normalized spacial score (nSPS) is 10.9. The number of aryl methyl sites for hydroxylation is 1. The van der Waals surface area contributed by atoms with Gasteiger partial charge >= 0.3 is 0 Å². The molecule has 3 aromatic heterocycles. The van der Waals surface area contributed by atoms with Gasteiger partial charge in [0.05, 0.1) is 10.9 Å². The second-order valence-electron chi connectivity index (χ2n) is 5.47. The fourth-order valence-corrected chi connectivity index (χ4v) is 2.66. The number of hydrogen-bond acceptors (Lipinski definition) is 4. The van der Waals surface area contributed by atoms with E-state index in [2.05, 4.69) is 16.9 Å². The van der Waals surface area contributed by atoms with Crippen LogP contribution in [0.25, 0.3) is 16.7 Å². The molecule has 7 heteroatoms. The third-order valence-corrected chi connectivity index (χ3v) is 3.84. The lowest BCUT2D eigenvalue weighted by Gasteiger charge is -2.13. The lowest BCUT2D eigenvalue weighted by atomic mass is 10.2. The number of amides is 1. The average molecular weight is 323 g/mol. The topological polar surface area (TPSA) is 92.2 Å². The second-order valence-corrected chi connectivity index (χ2v) is 5.47. The van der Waals surface area contributed by atoms with Gasteiger partial charge < -0.3 is 9.88 Å². The van der Waals surface area contributed by atoms with Crippen LogP contribution in [-0.2, 0) is 6.54 Å². The van der Waals surface area contributed by atoms with E-state index in [1.165, 1.54) is 22.1 Å². The number of nitrogens with one attached hydrogen (secondary N) is 2. The molecule has 3 aromatic rings. The third-order valence-electron chi connectivity index (χ3n) is 3.84. The fraction of sp³-hybridized carbons (Fsp3) is 0.176. The van der Waals surface area contributed by atoms with Crippen molar-refractivity contribution in [3.8, 4) is 0 Å². The van der Waals surface area contributed by atoms with E-state index >= 15 is 0 Å². The van der Waals surface area contributed by atoms with Crippen LogP contribution in [0, 0.1) is 12.3 Å². The molecule has 122 valence electrons. The van der Waals surface area contributed by atoms with Crippen molar-refractivity contribution in [1.82, 2.24) is 19.3 Å². The number of hydrogen-bond donors (Lipinski definition) is 2. The van der Waals surface area contributed by atoms with Gasteiger partial charge in [-0.3, -0.25) is 19.4 Å². The second kappa shape index (κ2) is 5.77. The Morgan fingerprint density at radius 2 is 2.21 bits per heavy atom. The van der Waals surface area contributed by atoms with Gasteiger partial charge in [-0.1, -0.05) is 12.1 Å². The summed E-state index contributed by atoms with van der Waals surface area (Å²) in [5.74, 6) is -0.423. The smallest absolute Gasteiger partial charge is 0.267 e. The van der Waals surface area contributed by atoms with Crippen molar-refractivity contribution in [2.45, 2.75) is 13.5 Å². The van der Waals surface area contributed by atoms with Crippen LogP contribution in [-0.4, -0.2) is 26.9 Å². The number of carbonyl (C=O) groups excluding carboxylic acids is 1. The van der Waals surface area contributed by atoms with Crippen molar-refractivity contribution in [1.29, 1.82) is 5.41 Å². The molecule has 2 N–H and O–H groups in total. The summed E-state index contributed by atoms with van der Waals surface area (Å²) in [6.45, 7) is 5.84. The highest BCUT2D eigenvalue weighted by atomic mass is 16.1. The van der Waals surface area contributed by atoms with Crippen molar-refractivity contribution in [3.05, 3.63) is 64.0 Å². The molecular weight excluding hydrogens is 306 g/mol. The first-order valence-electron chi connectivity index (χ1n) is 7.42. The maximum Gasteiger partial charge on any atom is 0.267 e. The standard InChI is InChI=1S/C17H17N5O2/c1-4-7-21-14(18)11(16(23)19-3)8-12-15(21)20-13-6-5-10(2)9-22(13)17(12)24/h4-6,8-9,18H,1,7H2,2-3H3,(H,19,23). The van der Waals surface area contributed by atoms with E-state index in [9.17, 15) is 9.59 Å². The molecule has 1 amide bonds. The maximum absolute atomic E-state index is 12.9. The van der Waals surface area contributed by atoms with Crippen molar-refractivity contribution >= 4 is 22.6 Å². The summed E-state index contributed by atoms with van der Waals surface area (Å²) in [4.78, 5) is 29.4. The fourth-order valence-electron chi connectivity index (χ4n) is 2.66. The Labute approximate surface area is 137 Å². The molecule has 0 aliphatic heterocycles. The Kier molecular flexibility index (Phi) is 3.76. The van der Waals surface area contributed by atoms with Gasteiger partial charge in [-0.2, -0.15) is 0 Å². The zero-order chi connectivity index (χ0) is 17.4. The van der Waals surface area contributed by atoms with Crippen LogP contribution in [0.4, 0.5) is 0 Å². The predicted octanol–water partition coefficient (Wildman–Crippen LogP) is 0.983. The van der Waals surface area contributed by atoms with Gasteiger partial charge in [-0.15, -0.1) is 6.58 Å². The zero-order valence-electron chi connectivity index (χ0n) is 13.5. The summed E-state index contributed by atoms with van der Waals surface area (Å²) < 4.78 is 2.96. The number of carbonyl (C=O) groups is 1. The molecule has 0 radical (unpaired) electrons. The van der Waals surface area contributed by atoms with E-state index in [4.69, 9.17) is 5.41 Å². The number of nitrogens with zero attached hydrogens (tertiary/aromatic N) is 3. The number of fused-ring (bicyclic) bond motifs is 2. The van der Waals surface area contributed by atoms with Crippen LogP contribution in [0.2, 0.25) is 0 Å². The molecule has 0 aliphatic rings. The van der Waals surface area contributed by atoms with Gasteiger partial charge in [0.1, 0.15) is 16.8 Å². The third kappa shape index (κ3) is 2.30. The number of allylic oxidation sites excluding steroid dienone is 1. The minimum Gasteiger partial charge on any atom is -0.355 e. The van der Waals surface area contributed by atoms with Crippen molar-refractivity contribution in [3.63, 3.8) is 0 Å². The highest BCUT2D eigenvalue weighted by Gasteiger charge is 2.16. The minimum atomic E-state index is -0.423. The van der Waals surface area contributed by atoms with Crippen molar-refractivity contribution < 1.29 is 4.79 Å². The quantitative estimate of drug-likeness (QED) is 0.556. The van der Waals surface area contributed by atoms with Crippen molar-refractivity contribution in [2.24, 2.45) is 0 Å². The highest BCUT2D eigenvalue weighted by molar-refractivity contribution is 5.96. The van der Waals surface area contributed by atoms with E-state index < -0.39 is 5.91 Å². The van der Waals surface area contributed by atoms with Gasteiger partial charge in [0.2, 0.25) is 0 Å². The van der Waals surface area contributed by atoms with Crippen LogP contribution in [0.3, 0.4) is 0 Å². The predicted molar refractivity (Wildman–Crippen MR) is 91.1 cm³/mol. The minimum absolute atomic E-state index is 0.00916. The summed E-state index contributed by atoms with van der Waals surface area (Å²) >= 11 is 0. The molecule has 0 aromatic carbocycles.